The molecule has 0 aliphatic rings. The van der Waals surface area contributed by atoms with Gasteiger partial charge in [0.25, 0.3) is 5.56 Å². The van der Waals surface area contributed by atoms with E-state index in [2.05, 4.69) is 10.3 Å². The number of fused-ring (bicyclic) bond motifs is 1. The number of hydrogen-bond donors (Lipinski definition) is 2. The lowest BCUT2D eigenvalue weighted by molar-refractivity contribution is -0.116. The molecule has 1 amide bonds. The molecule has 2 N–H and O–H groups in total. The van der Waals surface area contributed by atoms with Gasteiger partial charge in [0.2, 0.25) is 5.91 Å². The topological polar surface area (TPSA) is 62.0 Å². The maximum absolute atomic E-state index is 12.0. The molecule has 1 heterocycles. The summed E-state index contributed by atoms with van der Waals surface area (Å²) in [6.07, 6.45) is 3.62. The molecule has 0 atom stereocenters. The maximum atomic E-state index is 12.0. The third kappa shape index (κ3) is 4.58. The zero-order valence-electron chi connectivity index (χ0n) is 13.5. The van der Waals surface area contributed by atoms with Gasteiger partial charge in [-0.1, -0.05) is 41.9 Å². The van der Waals surface area contributed by atoms with Gasteiger partial charge in [-0.2, -0.15) is 0 Å². The maximum Gasteiger partial charge on any atom is 0.255 e. The van der Waals surface area contributed by atoms with E-state index >= 15 is 0 Å². The highest BCUT2D eigenvalue weighted by molar-refractivity contribution is 6.30. The molecule has 0 unspecified atom stereocenters. The van der Waals surface area contributed by atoms with Crippen molar-refractivity contribution < 1.29 is 4.79 Å². The average molecular weight is 353 g/mol. The van der Waals surface area contributed by atoms with Crippen molar-refractivity contribution in [3.8, 4) is 0 Å². The summed E-state index contributed by atoms with van der Waals surface area (Å²) in [5.74, 6) is -0.235. The Morgan fingerprint density at radius 3 is 2.68 bits per heavy atom. The lowest BCUT2D eigenvalue weighted by Gasteiger charge is -2.03. The summed E-state index contributed by atoms with van der Waals surface area (Å²) >= 11 is 5.84. The van der Waals surface area contributed by atoms with Crippen molar-refractivity contribution in [2.24, 2.45) is 0 Å². The van der Waals surface area contributed by atoms with Crippen LogP contribution >= 0.6 is 11.6 Å². The van der Waals surface area contributed by atoms with E-state index in [4.69, 9.17) is 11.6 Å². The fourth-order valence-electron chi connectivity index (χ4n) is 2.49. The number of para-hydroxylation sites is 1. The molecule has 3 aromatic rings. The summed E-state index contributed by atoms with van der Waals surface area (Å²) in [4.78, 5) is 26.7. The van der Waals surface area contributed by atoms with E-state index in [-0.39, 0.29) is 11.5 Å². The number of carbonyl (C=O) groups excluding carboxylic acids is 1. The Morgan fingerprint density at radius 2 is 1.88 bits per heavy atom. The van der Waals surface area contributed by atoms with Crippen LogP contribution in [-0.4, -0.2) is 17.4 Å². The number of pyridine rings is 1. The van der Waals surface area contributed by atoms with Gasteiger partial charge in [-0.3, -0.25) is 9.59 Å². The van der Waals surface area contributed by atoms with Crippen LogP contribution in [0.1, 0.15) is 11.1 Å². The van der Waals surface area contributed by atoms with Crippen LogP contribution in [0.5, 0.6) is 0 Å². The van der Waals surface area contributed by atoms with Gasteiger partial charge in [0.15, 0.2) is 0 Å². The minimum absolute atomic E-state index is 0.219. The number of carbonyl (C=O) groups is 1. The van der Waals surface area contributed by atoms with Crippen LogP contribution < -0.4 is 10.9 Å². The van der Waals surface area contributed by atoms with Gasteiger partial charge >= 0.3 is 0 Å². The second kappa shape index (κ2) is 7.81. The standard InChI is InChI=1S/C20H17ClN2O2/c21-17-8-5-14(6-9-17)11-12-22-19(24)10-7-16-13-15-3-1-2-4-18(15)23-20(16)25/h1-10,13H,11-12H2,(H,22,24)(H,23,25)/b10-7+. The Bertz CT molecular complexity index is 975. The van der Waals surface area contributed by atoms with Crippen LogP contribution in [-0.2, 0) is 11.2 Å². The predicted octanol–water partition coefficient (Wildman–Crippen LogP) is 3.55. The van der Waals surface area contributed by atoms with E-state index in [0.29, 0.717) is 23.6 Å². The van der Waals surface area contributed by atoms with E-state index < -0.39 is 0 Å². The third-order valence-electron chi connectivity index (χ3n) is 3.82. The number of aromatic amines is 1. The van der Waals surface area contributed by atoms with Crippen LogP contribution in [0.15, 0.2) is 65.5 Å². The molecule has 2 aromatic carbocycles. The molecule has 5 heteroatoms. The number of amides is 1. The molecular weight excluding hydrogens is 336 g/mol. The number of nitrogens with one attached hydrogen (secondary N) is 2. The lowest BCUT2D eigenvalue weighted by Crippen LogP contribution is -2.23. The monoisotopic (exact) mass is 352 g/mol. The fraction of sp³-hybridized carbons (Fsp3) is 0.100. The van der Waals surface area contributed by atoms with Crippen LogP contribution in [0.2, 0.25) is 5.02 Å². The number of aromatic nitrogens is 1. The van der Waals surface area contributed by atoms with Gasteiger partial charge < -0.3 is 10.3 Å². The molecule has 0 saturated carbocycles. The van der Waals surface area contributed by atoms with Gasteiger partial charge in [0.1, 0.15) is 0 Å². The first-order valence-electron chi connectivity index (χ1n) is 7.94. The van der Waals surface area contributed by atoms with E-state index in [9.17, 15) is 9.59 Å². The molecule has 4 nitrogen and oxygen atoms in total. The quantitative estimate of drug-likeness (QED) is 0.690. The average Bonchev–Trinajstić information content (AvgIpc) is 2.61. The Kier molecular flexibility index (Phi) is 5.31. The van der Waals surface area contributed by atoms with Crippen molar-refractivity contribution in [3.05, 3.63) is 87.2 Å². The van der Waals surface area contributed by atoms with Crippen LogP contribution in [0.3, 0.4) is 0 Å². The number of rotatable bonds is 5. The van der Waals surface area contributed by atoms with Crippen LogP contribution in [0.4, 0.5) is 0 Å². The summed E-state index contributed by atoms with van der Waals surface area (Å²) in [7, 11) is 0. The van der Waals surface area contributed by atoms with Gasteiger partial charge in [-0.05, 0) is 47.7 Å². The largest absolute Gasteiger partial charge is 0.352 e. The van der Waals surface area contributed by atoms with Crippen molar-refractivity contribution in [2.75, 3.05) is 6.54 Å². The summed E-state index contributed by atoms with van der Waals surface area (Å²) in [6.45, 7) is 0.513. The second-order valence-corrected chi connectivity index (χ2v) is 6.08. The molecule has 3 rings (SSSR count). The van der Waals surface area contributed by atoms with Crippen molar-refractivity contribution in [3.63, 3.8) is 0 Å². The Hall–Kier alpha value is -2.85. The summed E-state index contributed by atoms with van der Waals surface area (Å²) < 4.78 is 0. The van der Waals surface area contributed by atoms with E-state index in [0.717, 1.165) is 16.5 Å². The normalized spacial score (nSPS) is 11.1. The summed E-state index contributed by atoms with van der Waals surface area (Å²) in [6, 6.07) is 16.8. The Morgan fingerprint density at radius 1 is 1.12 bits per heavy atom. The molecule has 0 aliphatic carbocycles. The van der Waals surface area contributed by atoms with Crippen molar-refractivity contribution in [2.45, 2.75) is 6.42 Å². The number of benzene rings is 2. The molecule has 126 valence electrons. The first-order chi connectivity index (χ1) is 12.1. The lowest BCUT2D eigenvalue weighted by atomic mass is 10.1. The predicted molar refractivity (Wildman–Crippen MR) is 102 cm³/mol. The van der Waals surface area contributed by atoms with Crippen molar-refractivity contribution in [1.29, 1.82) is 0 Å². The van der Waals surface area contributed by atoms with Crippen molar-refractivity contribution >= 4 is 34.5 Å². The van der Waals surface area contributed by atoms with E-state index in [1.54, 1.807) is 6.07 Å². The molecule has 0 radical (unpaired) electrons. The SMILES string of the molecule is O=C(/C=C/c1cc2ccccc2[nH]c1=O)NCCc1ccc(Cl)cc1. The second-order valence-electron chi connectivity index (χ2n) is 5.64. The molecule has 0 fully saturated rings. The first kappa shape index (κ1) is 17.0. The Labute approximate surface area is 150 Å². The zero-order valence-corrected chi connectivity index (χ0v) is 14.2. The van der Waals surface area contributed by atoms with Crippen molar-refractivity contribution in [1.82, 2.24) is 10.3 Å². The molecule has 0 spiro atoms. The first-order valence-corrected chi connectivity index (χ1v) is 8.32. The fourth-order valence-corrected chi connectivity index (χ4v) is 2.62. The van der Waals surface area contributed by atoms with Crippen LogP contribution in [0, 0.1) is 0 Å². The zero-order chi connectivity index (χ0) is 17.6. The van der Waals surface area contributed by atoms with E-state index in [1.807, 2.05) is 48.5 Å². The molecule has 0 aliphatic heterocycles. The van der Waals surface area contributed by atoms with Gasteiger partial charge in [0, 0.05) is 28.7 Å². The minimum atomic E-state index is -0.235. The molecule has 1 aromatic heterocycles. The van der Waals surface area contributed by atoms with Crippen LogP contribution in [0.25, 0.3) is 17.0 Å². The van der Waals surface area contributed by atoms with E-state index in [1.165, 1.54) is 12.2 Å². The summed E-state index contributed by atoms with van der Waals surface area (Å²) in [5, 5.41) is 4.41. The summed E-state index contributed by atoms with van der Waals surface area (Å²) in [5.41, 5.74) is 2.10. The van der Waals surface area contributed by atoms with Gasteiger partial charge in [0.05, 0.1) is 0 Å². The number of hydrogen-bond acceptors (Lipinski definition) is 2. The highest BCUT2D eigenvalue weighted by atomic mass is 35.5. The molecular formula is C20H17ClN2O2. The van der Waals surface area contributed by atoms with Gasteiger partial charge in [-0.25, -0.2) is 0 Å². The smallest absolute Gasteiger partial charge is 0.255 e. The third-order valence-corrected chi connectivity index (χ3v) is 4.07. The highest BCUT2D eigenvalue weighted by Crippen LogP contribution is 2.11. The number of H-pyrrole nitrogens is 1. The minimum Gasteiger partial charge on any atom is -0.352 e. The number of halogens is 1. The molecule has 0 saturated heterocycles. The Balaban J connectivity index is 1.59. The van der Waals surface area contributed by atoms with Gasteiger partial charge in [-0.15, -0.1) is 0 Å². The molecule has 25 heavy (non-hydrogen) atoms. The highest BCUT2D eigenvalue weighted by Gasteiger charge is 2.01. The molecule has 0 bridgehead atoms.